The Labute approximate surface area is 151 Å². The van der Waals surface area contributed by atoms with E-state index in [9.17, 15) is 4.79 Å². The van der Waals surface area contributed by atoms with Crippen molar-refractivity contribution in [2.45, 2.75) is 27.2 Å². The molecule has 0 radical (unpaired) electrons. The second-order valence-corrected chi connectivity index (χ2v) is 6.71. The van der Waals surface area contributed by atoms with Gasteiger partial charge in [-0.2, -0.15) is 0 Å². The van der Waals surface area contributed by atoms with Gasteiger partial charge in [0.1, 0.15) is 5.58 Å². The van der Waals surface area contributed by atoms with Crippen molar-refractivity contribution < 1.29 is 9.21 Å². The van der Waals surface area contributed by atoms with Crippen molar-refractivity contribution in [3.05, 3.63) is 71.1 Å². The molecule has 0 saturated carbocycles. The smallest absolute Gasteiger partial charge is 0.228 e. The Morgan fingerprint density at radius 3 is 2.77 bits per heavy atom. The summed E-state index contributed by atoms with van der Waals surface area (Å²) in [6.07, 6.45) is 3.70. The quantitative estimate of drug-likeness (QED) is 0.563. The Kier molecular flexibility index (Phi) is 3.96. The van der Waals surface area contributed by atoms with Gasteiger partial charge in [0.25, 0.3) is 0 Å². The molecule has 130 valence electrons. The van der Waals surface area contributed by atoms with Crippen LogP contribution in [0.1, 0.15) is 22.3 Å². The fourth-order valence-corrected chi connectivity index (χ4v) is 3.49. The average Bonchev–Trinajstić information content (AvgIpc) is 3.04. The number of fused-ring (bicyclic) bond motifs is 2. The summed E-state index contributed by atoms with van der Waals surface area (Å²) in [5.74, 6) is -0.0801. The van der Waals surface area contributed by atoms with Crippen molar-refractivity contribution in [1.29, 1.82) is 0 Å². The van der Waals surface area contributed by atoms with E-state index < -0.39 is 0 Å². The molecule has 0 aliphatic carbocycles. The van der Waals surface area contributed by atoms with E-state index >= 15 is 0 Å². The van der Waals surface area contributed by atoms with Gasteiger partial charge in [0.2, 0.25) is 5.91 Å². The van der Waals surface area contributed by atoms with Crippen LogP contribution < -0.4 is 5.32 Å². The summed E-state index contributed by atoms with van der Waals surface area (Å²) in [4.78, 5) is 17.0. The van der Waals surface area contributed by atoms with Crippen LogP contribution in [0.4, 0.5) is 5.69 Å². The number of benzene rings is 2. The van der Waals surface area contributed by atoms with Gasteiger partial charge in [-0.1, -0.05) is 24.3 Å². The van der Waals surface area contributed by atoms with Crippen molar-refractivity contribution in [3.63, 3.8) is 0 Å². The van der Waals surface area contributed by atoms with Gasteiger partial charge >= 0.3 is 0 Å². The summed E-state index contributed by atoms with van der Waals surface area (Å²) in [6, 6.07) is 11.8. The van der Waals surface area contributed by atoms with Gasteiger partial charge in [-0.25, -0.2) is 0 Å². The molecule has 1 amide bonds. The highest BCUT2D eigenvalue weighted by Crippen LogP contribution is 2.30. The topological polar surface area (TPSA) is 55.1 Å². The lowest BCUT2D eigenvalue weighted by Crippen LogP contribution is -2.14. The van der Waals surface area contributed by atoms with E-state index in [0.717, 1.165) is 44.2 Å². The first-order valence-electron chi connectivity index (χ1n) is 8.65. The van der Waals surface area contributed by atoms with Gasteiger partial charge in [0.05, 0.1) is 23.9 Å². The third-order valence-electron chi connectivity index (χ3n) is 4.88. The van der Waals surface area contributed by atoms with Crippen molar-refractivity contribution in [3.8, 4) is 0 Å². The number of aromatic nitrogens is 1. The minimum atomic E-state index is -0.0801. The number of hydrogen-bond acceptors (Lipinski definition) is 3. The van der Waals surface area contributed by atoms with E-state index in [4.69, 9.17) is 4.42 Å². The minimum absolute atomic E-state index is 0.0801. The molecule has 0 unspecified atom stereocenters. The molecule has 0 fully saturated rings. The molecule has 4 aromatic rings. The van der Waals surface area contributed by atoms with Gasteiger partial charge in [0.15, 0.2) is 0 Å². The highest BCUT2D eigenvalue weighted by molar-refractivity contribution is 6.02. The number of carbonyl (C=O) groups excluding carboxylic acids is 1. The lowest BCUT2D eigenvalue weighted by atomic mass is 9.99. The summed E-state index contributed by atoms with van der Waals surface area (Å²) in [6.45, 7) is 6.18. The standard InChI is InChI=1S/C22H20N2O2/c1-13-10-14(2)20-17(12-26-22(20)15(13)3)11-19(25)24-18-8-4-6-16-7-5-9-23-21(16)18/h4-10,12H,11H2,1-3H3,(H,24,25). The largest absolute Gasteiger partial charge is 0.464 e. The zero-order valence-electron chi connectivity index (χ0n) is 15.1. The predicted octanol–water partition coefficient (Wildman–Crippen LogP) is 5.09. The van der Waals surface area contributed by atoms with Gasteiger partial charge in [-0.05, 0) is 49.6 Å². The van der Waals surface area contributed by atoms with Crippen LogP contribution in [0.5, 0.6) is 0 Å². The highest BCUT2D eigenvalue weighted by atomic mass is 16.3. The molecule has 0 aliphatic rings. The summed E-state index contributed by atoms with van der Waals surface area (Å²) < 4.78 is 5.77. The number of carbonyl (C=O) groups is 1. The summed E-state index contributed by atoms with van der Waals surface area (Å²) >= 11 is 0. The summed E-state index contributed by atoms with van der Waals surface area (Å²) in [5, 5.41) is 5.03. The first-order valence-corrected chi connectivity index (χ1v) is 8.65. The molecule has 2 heterocycles. The van der Waals surface area contributed by atoms with E-state index in [2.05, 4.69) is 30.2 Å². The van der Waals surface area contributed by atoms with E-state index in [1.165, 1.54) is 5.56 Å². The van der Waals surface area contributed by atoms with Gasteiger partial charge < -0.3 is 9.73 Å². The third kappa shape index (κ3) is 2.73. The molecule has 0 atom stereocenters. The number of hydrogen-bond donors (Lipinski definition) is 1. The van der Waals surface area contributed by atoms with E-state index in [1.54, 1.807) is 12.5 Å². The van der Waals surface area contributed by atoms with Crippen LogP contribution in [0.2, 0.25) is 0 Å². The second kappa shape index (κ2) is 6.30. The van der Waals surface area contributed by atoms with Gasteiger partial charge in [-0.15, -0.1) is 0 Å². The SMILES string of the molecule is Cc1cc(C)c2c(CC(=O)Nc3cccc4cccnc34)coc2c1C. The van der Waals surface area contributed by atoms with Crippen LogP contribution in [0.15, 0.2) is 53.3 Å². The number of nitrogens with one attached hydrogen (secondary N) is 1. The van der Waals surface area contributed by atoms with E-state index in [1.807, 2.05) is 37.3 Å². The van der Waals surface area contributed by atoms with Crippen molar-refractivity contribution in [2.75, 3.05) is 5.32 Å². The summed E-state index contributed by atoms with van der Waals surface area (Å²) in [5.41, 5.74) is 6.75. The average molecular weight is 344 g/mol. The number of pyridine rings is 1. The number of rotatable bonds is 3. The highest BCUT2D eigenvalue weighted by Gasteiger charge is 2.16. The Bertz CT molecular complexity index is 1140. The maximum atomic E-state index is 12.6. The summed E-state index contributed by atoms with van der Waals surface area (Å²) in [7, 11) is 0. The number of anilines is 1. The molecule has 4 heteroatoms. The van der Waals surface area contributed by atoms with Crippen LogP contribution in [0.25, 0.3) is 21.9 Å². The molecule has 4 nitrogen and oxygen atoms in total. The molecule has 2 aromatic heterocycles. The molecule has 1 N–H and O–H groups in total. The molecule has 2 aromatic carbocycles. The predicted molar refractivity (Wildman–Crippen MR) is 105 cm³/mol. The van der Waals surface area contributed by atoms with Crippen molar-refractivity contribution in [2.24, 2.45) is 0 Å². The second-order valence-electron chi connectivity index (χ2n) is 6.71. The van der Waals surface area contributed by atoms with Crippen LogP contribution in [-0.4, -0.2) is 10.9 Å². The number of nitrogens with zero attached hydrogens (tertiary/aromatic N) is 1. The maximum Gasteiger partial charge on any atom is 0.228 e. The van der Waals surface area contributed by atoms with Crippen LogP contribution in [0, 0.1) is 20.8 Å². The molecule has 0 spiro atoms. The lowest BCUT2D eigenvalue weighted by molar-refractivity contribution is -0.115. The number of para-hydroxylation sites is 1. The number of amides is 1. The molecule has 4 rings (SSSR count). The molecule has 26 heavy (non-hydrogen) atoms. The first kappa shape index (κ1) is 16.3. The molecule has 0 aliphatic heterocycles. The van der Waals surface area contributed by atoms with E-state index in [-0.39, 0.29) is 12.3 Å². The minimum Gasteiger partial charge on any atom is -0.464 e. The molecular weight excluding hydrogens is 324 g/mol. The fraction of sp³-hybridized carbons (Fsp3) is 0.182. The van der Waals surface area contributed by atoms with E-state index in [0.29, 0.717) is 0 Å². The fourth-order valence-electron chi connectivity index (χ4n) is 3.49. The molecule has 0 bridgehead atoms. The Hall–Kier alpha value is -3.14. The Morgan fingerprint density at radius 1 is 1.12 bits per heavy atom. The number of aryl methyl sites for hydroxylation is 3. The van der Waals surface area contributed by atoms with Crippen molar-refractivity contribution >= 4 is 33.5 Å². The van der Waals surface area contributed by atoms with Crippen LogP contribution in [0.3, 0.4) is 0 Å². The van der Waals surface area contributed by atoms with Gasteiger partial charge in [0, 0.05) is 22.5 Å². The monoisotopic (exact) mass is 344 g/mol. The van der Waals surface area contributed by atoms with Gasteiger partial charge in [-0.3, -0.25) is 9.78 Å². The van der Waals surface area contributed by atoms with Crippen LogP contribution >= 0.6 is 0 Å². The zero-order valence-corrected chi connectivity index (χ0v) is 15.1. The molecule has 0 saturated heterocycles. The molecular formula is C22H20N2O2. The Morgan fingerprint density at radius 2 is 1.92 bits per heavy atom. The normalized spacial score (nSPS) is 11.2. The number of furan rings is 1. The Balaban J connectivity index is 1.65. The maximum absolute atomic E-state index is 12.6. The first-order chi connectivity index (χ1) is 12.5. The van der Waals surface area contributed by atoms with Crippen LogP contribution in [-0.2, 0) is 11.2 Å². The zero-order chi connectivity index (χ0) is 18.3. The third-order valence-corrected chi connectivity index (χ3v) is 4.88. The van der Waals surface area contributed by atoms with Crippen molar-refractivity contribution in [1.82, 2.24) is 4.98 Å². The lowest BCUT2D eigenvalue weighted by Gasteiger charge is -2.08.